The maximum Gasteiger partial charge on any atom is 0.378 e. The van der Waals surface area contributed by atoms with Crippen LogP contribution in [0, 0.1) is 11.8 Å². The largest absolute Gasteiger partial charge is 0.463 e. The molecule has 1 aliphatic heterocycles. The number of benzene rings is 1. The van der Waals surface area contributed by atoms with E-state index in [1.54, 1.807) is 24.3 Å². The van der Waals surface area contributed by atoms with Crippen LogP contribution in [0.15, 0.2) is 30.3 Å². The summed E-state index contributed by atoms with van der Waals surface area (Å²) in [7, 11) is 1.16. The lowest BCUT2D eigenvalue weighted by molar-refractivity contribution is -0.166. The molecule has 3 rings (SSSR count). The fraction of sp³-hybridized carbons (Fsp3) is 0.391. The van der Waals surface area contributed by atoms with Crippen LogP contribution >= 0.6 is 0 Å². The van der Waals surface area contributed by atoms with Crippen LogP contribution in [0.3, 0.4) is 0 Å². The SMILES string of the molecule is COC(=O)c1nc(C#Cc2ccccc2)n([C@@H]2O[C@H](COC(C)=O)[C@@H](OC(C)=O)[C@H]2OC(C)=O)n1. The van der Waals surface area contributed by atoms with Gasteiger partial charge in [-0.1, -0.05) is 24.1 Å². The first-order chi connectivity index (χ1) is 16.7. The summed E-state index contributed by atoms with van der Waals surface area (Å²) in [5.41, 5.74) is 0.663. The third-order valence-corrected chi connectivity index (χ3v) is 4.67. The summed E-state index contributed by atoms with van der Waals surface area (Å²) in [5, 5.41) is 4.14. The van der Waals surface area contributed by atoms with Crippen LogP contribution in [0.4, 0.5) is 0 Å². The molecule has 0 bridgehead atoms. The summed E-state index contributed by atoms with van der Waals surface area (Å²) in [5.74, 6) is 2.60. The number of rotatable bonds is 6. The Labute approximate surface area is 200 Å². The minimum absolute atomic E-state index is 0.00823. The van der Waals surface area contributed by atoms with Gasteiger partial charge in [-0.2, -0.15) is 4.98 Å². The molecule has 0 spiro atoms. The Hall–Kier alpha value is -4.24. The number of hydrogen-bond acceptors (Lipinski definition) is 11. The lowest BCUT2D eigenvalue weighted by Crippen LogP contribution is -2.40. The molecular weight excluding hydrogens is 462 g/mol. The van der Waals surface area contributed by atoms with Crippen molar-refractivity contribution in [1.82, 2.24) is 14.8 Å². The zero-order chi connectivity index (χ0) is 25.5. The van der Waals surface area contributed by atoms with E-state index >= 15 is 0 Å². The van der Waals surface area contributed by atoms with E-state index in [2.05, 4.69) is 21.9 Å². The molecule has 1 saturated heterocycles. The van der Waals surface area contributed by atoms with Gasteiger partial charge >= 0.3 is 23.9 Å². The van der Waals surface area contributed by atoms with Gasteiger partial charge in [0, 0.05) is 26.3 Å². The van der Waals surface area contributed by atoms with E-state index in [1.807, 2.05) is 6.07 Å². The molecule has 0 N–H and O–H groups in total. The van der Waals surface area contributed by atoms with E-state index < -0.39 is 48.4 Å². The minimum Gasteiger partial charge on any atom is -0.463 e. The average Bonchev–Trinajstić information content (AvgIpc) is 3.37. The fourth-order valence-electron chi connectivity index (χ4n) is 3.30. The maximum absolute atomic E-state index is 12.1. The number of carbonyl (C=O) groups is 4. The van der Waals surface area contributed by atoms with Crippen LogP contribution in [0.2, 0.25) is 0 Å². The lowest BCUT2D eigenvalue weighted by Gasteiger charge is -2.23. The topological polar surface area (TPSA) is 145 Å². The van der Waals surface area contributed by atoms with Gasteiger partial charge in [-0.15, -0.1) is 5.10 Å². The van der Waals surface area contributed by atoms with E-state index in [1.165, 1.54) is 20.8 Å². The first kappa shape index (κ1) is 25.4. The summed E-state index contributed by atoms with van der Waals surface area (Å²) in [4.78, 5) is 51.3. The Morgan fingerprint density at radius 2 is 1.63 bits per heavy atom. The average molecular weight is 485 g/mol. The monoisotopic (exact) mass is 485 g/mol. The van der Waals surface area contributed by atoms with Crippen molar-refractivity contribution in [3.05, 3.63) is 47.5 Å². The van der Waals surface area contributed by atoms with Crippen molar-refractivity contribution in [1.29, 1.82) is 0 Å². The molecule has 2 heterocycles. The molecule has 1 aromatic heterocycles. The Morgan fingerprint density at radius 3 is 2.23 bits per heavy atom. The molecule has 0 radical (unpaired) electrons. The number of ether oxygens (including phenoxy) is 5. The van der Waals surface area contributed by atoms with Crippen LogP contribution in [-0.4, -0.2) is 70.7 Å². The van der Waals surface area contributed by atoms with Gasteiger partial charge in [-0.3, -0.25) is 14.4 Å². The van der Waals surface area contributed by atoms with Gasteiger partial charge in [-0.25, -0.2) is 9.48 Å². The smallest absolute Gasteiger partial charge is 0.378 e. The molecule has 12 heteroatoms. The number of hydrogen-bond donors (Lipinski definition) is 0. The molecule has 0 unspecified atom stereocenters. The van der Waals surface area contributed by atoms with Crippen LogP contribution in [0.25, 0.3) is 0 Å². The third-order valence-electron chi connectivity index (χ3n) is 4.67. The second-order valence-corrected chi connectivity index (χ2v) is 7.33. The van der Waals surface area contributed by atoms with E-state index in [0.29, 0.717) is 5.56 Å². The Balaban J connectivity index is 2.07. The van der Waals surface area contributed by atoms with Crippen LogP contribution in [0.5, 0.6) is 0 Å². The molecule has 184 valence electrons. The molecule has 0 amide bonds. The first-order valence-electron chi connectivity index (χ1n) is 10.4. The molecule has 1 fully saturated rings. The molecule has 1 aliphatic rings. The second kappa shape index (κ2) is 11.3. The van der Waals surface area contributed by atoms with Crippen LogP contribution in [-0.2, 0) is 38.1 Å². The van der Waals surface area contributed by atoms with Crippen molar-refractivity contribution in [3.63, 3.8) is 0 Å². The minimum atomic E-state index is -1.23. The predicted octanol–water partition coefficient (Wildman–Crippen LogP) is 0.788. The highest BCUT2D eigenvalue weighted by molar-refractivity contribution is 5.85. The number of nitrogens with zero attached hydrogens (tertiary/aromatic N) is 3. The van der Waals surface area contributed by atoms with Gasteiger partial charge in [0.15, 0.2) is 18.4 Å². The van der Waals surface area contributed by atoms with Crippen molar-refractivity contribution in [2.24, 2.45) is 0 Å². The number of esters is 4. The lowest BCUT2D eigenvalue weighted by atomic mass is 10.1. The van der Waals surface area contributed by atoms with Gasteiger partial charge in [0.2, 0.25) is 5.82 Å². The standard InChI is InChI=1S/C23H23N3O9/c1-13(27)32-12-17-19(33-14(2)28)20(34-15(3)29)22(35-17)26-18(24-21(25-26)23(30)31-4)11-10-16-8-6-5-7-9-16/h5-9,17,19-20,22H,12H2,1-4H3/t17-,19-,20-,22-/m1/s1. The highest BCUT2D eigenvalue weighted by Gasteiger charge is 2.51. The van der Waals surface area contributed by atoms with Gasteiger partial charge < -0.3 is 23.7 Å². The Bertz CT molecular complexity index is 1170. The van der Waals surface area contributed by atoms with Gasteiger partial charge in [-0.05, 0) is 18.1 Å². The van der Waals surface area contributed by atoms with Crippen LogP contribution in [0.1, 0.15) is 49.0 Å². The van der Waals surface area contributed by atoms with Crippen molar-refractivity contribution in [2.75, 3.05) is 13.7 Å². The molecule has 1 aromatic carbocycles. The molecule has 2 aromatic rings. The van der Waals surface area contributed by atoms with E-state index in [9.17, 15) is 19.2 Å². The van der Waals surface area contributed by atoms with E-state index in [0.717, 1.165) is 11.8 Å². The molecule has 12 nitrogen and oxygen atoms in total. The highest BCUT2D eigenvalue weighted by Crippen LogP contribution is 2.34. The van der Waals surface area contributed by atoms with E-state index in [-0.39, 0.29) is 18.3 Å². The normalized spacial score (nSPS) is 20.8. The first-order valence-corrected chi connectivity index (χ1v) is 10.4. The summed E-state index contributed by atoms with van der Waals surface area (Å²) < 4.78 is 27.6. The summed E-state index contributed by atoms with van der Waals surface area (Å²) >= 11 is 0. The van der Waals surface area contributed by atoms with E-state index in [4.69, 9.17) is 23.7 Å². The maximum atomic E-state index is 12.1. The summed E-state index contributed by atoms with van der Waals surface area (Å²) in [6.07, 6.45) is -4.62. The summed E-state index contributed by atoms with van der Waals surface area (Å²) in [6, 6.07) is 8.98. The molecular formula is C23H23N3O9. The fourth-order valence-corrected chi connectivity index (χ4v) is 3.30. The van der Waals surface area contributed by atoms with Gasteiger partial charge in [0.05, 0.1) is 7.11 Å². The molecule has 4 atom stereocenters. The quantitative estimate of drug-likeness (QED) is 0.325. The Kier molecular flexibility index (Phi) is 8.17. The zero-order valence-corrected chi connectivity index (χ0v) is 19.4. The molecule has 0 saturated carbocycles. The van der Waals surface area contributed by atoms with Gasteiger partial charge in [0.25, 0.3) is 5.82 Å². The number of methoxy groups -OCH3 is 1. The number of aromatic nitrogens is 3. The predicted molar refractivity (Wildman–Crippen MR) is 115 cm³/mol. The van der Waals surface area contributed by atoms with Crippen molar-refractivity contribution >= 4 is 23.9 Å². The Morgan fingerprint density at radius 1 is 0.971 bits per heavy atom. The number of carbonyl (C=O) groups excluding carboxylic acids is 4. The zero-order valence-electron chi connectivity index (χ0n) is 19.4. The molecule has 0 aliphatic carbocycles. The van der Waals surface area contributed by atoms with Crippen LogP contribution < -0.4 is 0 Å². The second-order valence-electron chi connectivity index (χ2n) is 7.33. The van der Waals surface area contributed by atoms with Crippen molar-refractivity contribution in [2.45, 2.75) is 45.3 Å². The van der Waals surface area contributed by atoms with Gasteiger partial charge in [0.1, 0.15) is 12.7 Å². The summed E-state index contributed by atoms with van der Waals surface area (Å²) in [6.45, 7) is 3.24. The highest BCUT2D eigenvalue weighted by atomic mass is 16.7. The third kappa shape index (κ3) is 6.42. The van der Waals surface area contributed by atoms with Crippen molar-refractivity contribution < 1.29 is 42.9 Å². The molecule has 35 heavy (non-hydrogen) atoms. The van der Waals surface area contributed by atoms with Crippen molar-refractivity contribution in [3.8, 4) is 11.8 Å².